The Bertz CT molecular complexity index is 365. The van der Waals surface area contributed by atoms with Crippen molar-refractivity contribution in [1.29, 1.82) is 0 Å². The largest absolute Gasteiger partial charge is 0.463 e. The number of carbonyl (C=O) groups is 1. The highest BCUT2D eigenvalue weighted by Gasteiger charge is 2.11. The minimum atomic E-state index is -0.436. The highest BCUT2D eigenvalue weighted by atomic mass is 32.2. The molecular weight excluding hydrogens is 250 g/mol. The predicted octanol–water partition coefficient (Wildman–Crippen LogP) is 2.69. The first-order valence-electron chi connectivity index (χ1n) is 6.15. The molecule has 1 aromatic rings. The Kier molecular flexibility index (Phi) is 6.90. The Morgan fingerprint density at radius 3 is 3.00 bits per heavy atom. The zero-order chi connectivity index (χ0) is 13.4. The third-order valence-corrected chi connectivity index (χ3v) is 3.50. The molecule has 0 aromatic carbocycles. The first-order chi connectivity index (χ1) is 8.67. The number of esters is 1. The van der Waals surface area contributed by atoms with E-state index in [4.69, 9.17) is 4.42 Å². The van der Waals surface area contributed by atoms with E-state index in [1.54, 1.807) is 12.1 Å². The quantitative estimate of drug-likeness (QED) is 0.582. The highest BCUT2D eigenvalue weighted by molar-refractivity contribution is 7.99. The van der Waals surface area contributed by atoms with Gasteiger partial charge >= 0.3 is 5.97 Å². The molecule has 18 heavy (non-hydrogen) atoms. The van der Waals surface area contributed by atoms with E-state index in [1.807, 2.05) is 11.8 Å². The van der Waals surface area contributed by atoms with Gasteiger partial charge in [0.15, 0.2) is 0 Å². The molecule has 1 N–H and O–H groups in total. The number of furan rings is 1. The monoisotopic (exact) mass is 271 g/mol. The summed E-state index contributed by atoms with van der Waals surface area (Å²) in [6, 6.07) is 3.88. The van der Waals surface area contributed by atoms with Crippen molar-refractivity contribution in [2.24, 2.45) is 0 Å². The predicted molar refractivity (Wildman–Crippen MR) is 74.0 cm³/mol. The third kappa shape index (κ3) is 5.14. The number of hydrogen-bond acceptors (Lipinski definition) is 5. The minimum absolute atomic E-state index is 0.253. The van der Waals surface area contributed by atoms with Crippen LogP contribution in [-0.4, -0.2) is 30.6 Å². The second kappa shape index (κ2) is 8.21. The van der Waals surface area contributed by atoms with Crippen LogP contribution in [0, 0.1) is 0 Å². The van der Waals surface area contributed by atoms with Gasteiger partial charge in [0.05, 0.1) is 13.7 Å². The van der Waals surface area contributed by atoms with Crippen molar-refractivity contribution in [1.82, 2.24) is 5.32 Å². The lowest BCUT2D eigenvalue weighted by molar-refractivity contribution is 0.0563. The summed E-state index contributed by atoms with van der Waals surface area (Å²) >= 11 is 1.94. The zero-order valence-corrected chi connectivity index (χ0v) is 12.0. The van der Waals surface area contributed by atoms with E-state index in [0.717, 1.165) is 23.7 Å². The first kappa shape index (κ1) is 15.1. The smallest absolute Gasteiger partial charge is 0.373 e. The fraction of sp³-hybridized carbons (Fsp3) is 0.615. The zero-order valence-electron chi connectivity index (χ0n) is 11.2. The first-order valence-corrected chi connectivity index (χ1v) is 7.31. The average molecular weight is 271 g/mol. The molecule has 0 aliphatic rings. The van der Waals surface area contributed by atoms with Crippen LogP contribution in [0.25, 0.3) is 0 Å². The van der Waals surface area contributed by atoms with E-state index in [-0.39, 0.29) is 5.76 Å². The molecule has 0 bridgehead atoms. The number of rotatable bonds is 8. The lowest BCUT2D eigenvalue weighted by atomic mass is 10.2. The second-order valence-electron chi connectivity index (χ2n) is 4.03. The van der Waals surface area contributed by atoms with E-state index in [1.165, 1.54) is 7.11 Å². The van der Waals surface area contributed by atoms with Gasteiger partial charge in [0.1, 0.15) is 5.76 Å². The van der Waals surface area contributed by atoms with Gasteiger partial charge in [-0.2, -0.15) is 11.8 Å². The van der Waals surface area contributed by atoms with Gasteiger partial charge in [0, 0.05) is 6.04 Å². The summed E-state index contributed by atoms with van der Waals surface area (Å²) in [5, 5.41) is 3.37. The SMILES string of the molecule is CCSCCC(C)NCc1ccc(C(=O)OC)o1. The summed E-state index contributed by atoms with van der Waals surface area (Å²) in [5.41, 5.74) is 0. The molecule has 0 aliphatic carbocycles. The molecule has 0 saturated carbocycles. The van der Waals surface area contributed by atoms with E-state index in [9.17, 15) is 4.79 Å². The number of methoxy groups -OCH3 is 1. The maximum absolute atomic E-state index is 11.2. The lowest BCUT2D eigenvalue weighted by Gasteiger charge is -2.11. The number of carbonyl (C=O) groups excluding carboxylic acids is 1. The lowest BCUT2D eigenvalue weighted by Crippen LogP contribution is -2.25. The fourth-order valence-electron chi connectivity index (χ4n) is 1.46. The molecule has 102 valence electrons. The van der Waals surface area contributed by atoms with Crippen LogP contribution in [0.15, 0.2) is 16.5 Å². The average Bonchev–Trinajstić information content (AvgIpc) is 2.84. The van der Waals surface area contributed by atoms with E-state index < -0.39 is 5.97 Å². The van der Waals surface area contributed by atoms with Crippen LogP contribution < -0.4 is 5.32 Å². The standard InChI is InChI=1S/C13H21NO3S/c1-4-18-8-7-10(2)14-9-11-5-6-12(17-11)13(15)16-3/h5-6,10,14H,4,7-9H2,1-3H3. The molecule has 1 aromatic heterocycles. The topological polar surface area (TPSA) is 51.5 Å². The molecule has 0 aliphatic heterocycles. The maximum atomic E-state index is 11.2. The number of nitrogens with one attached hydrogen (secondary N) is 1. The van der Waals surface area contributed by atoms with Gasteiger partial charge in [0.2, 0.25) is 5.76 Å². The fourth-order valence-corrected chi connectivity index (χ4v) is 2.27. The van der Waals surface area contributed by atoms with Crippen LogP contribution in [0.2, 0.25) is 0 Å². The number of thioether (sulfide) groups is 1. The normalized spacial score (nSPS) is 12.4. The molecule has 1 atom stereocenters. The molecule has 5 heteroatoms. The van der Waals surface area contributed by atoms with Crippen molar-refractivity contribution < 1.29 is 13.9 Å². The van der Waals surface area contributed by atoms with Gasteiger partial charge in [0.25, 0.3) is 0 Å². The summed E-state index contributed by atoms with van der Waals surface area (Å²) in [4.78, 5) is 11.2. The summed E-state index contributed by atoms with van der Waals surface area (Å²) in [6.45, 7) is 4.95. The van der Waals surface area contributed by atoms with Gasteiger partial charge in [-0.15, -0.1) is 0 Å². The minimum Gasteiger partial charge on any atom is -0.463 e. The Hall–Kier alpha value is -0.940. The van der Waals surface area contributed by atoms with Crippen molar-refractivity contribution in [2.45, 2.75) is 32.9 Å². The van der Waals surface area contributed by atoms with Crippen LogP contribution in [0.1, 0.15) is 36.6 Å². The van der Waals surface area contributed by atoms with Gasteiger partial charge in [-0.3, -0.25) is 0 Å². The van der Waals surface area contributed by atoms with Crippen molar-refractivity contribution in [3.63, 3.8) is 0 Å². The highest BCUT2D eigenvalue weighted by Crippen LogP contribution is 2.10. The van der Waals surface area contributed by atoms with E-state index in [0.29, 0.717) is 12.6 Å². The molecule has 0 fully saturated rings. The summed E-state index contributed by atoms with van der Waals surface area (Å²) < 4.78 is 9.95. The van der Waals surface area contributed by atoms with Crippen LogP contribution >= 0.6 is 11.8 Å². The molecule has 0 amide bonds. The van der Waals surface area contributed by atoms with Crippen molar-refractivity contribution in [2.75, 3.05) is 18.6 Å². The van der Waals surface area contributed by atoms with Crippen molar-refractivity contribution in [3.8, 4) is 0 Å². The van der Waals surface area contributed by atoms with Gasteiger partial charge in [-0.05, 0) is 37.0 Å². The summed E-state index contributed by atoms with van der Waals surface area (Å²) in [6.07, 6.45) is 1.13. The Balaban J connectivity index is 2.30. The van der Waals surface area contributed by atoms with Gasteiger partial charge in [-0.1, -0.05) is 6.92 Å². The van der Waals surface area contributed by atoms with Gasteiger partial charge in [-0.25, -0.2) is 4.79 Å². The molecule has 0 radical (unpaired) electrons. The number of hydrogen-bond donors (Lipinski definition) is 1. The molecule has 1 unspecified atom stereocenters. The van der Waals surface area contributed by atoms with Crippen LogP contribution in [0.5, 0.6) is 0 Å². The second-order valence-corrected chi connectivity index (χ2v) is 5.42. The summed E-state index contributed by atoms with van der Waals surface area (Å²) in [5.74, 6) is 2.89. The van der Waals surface area contributed by atoms with Crippen LogP contribution in [-0.2, 0) is 11.3 Å². The number of ether oxygens (including phenoxy) is 1. The van der Waals surface area contributed by atoms with E-state index >= 15 is 0 Å². The molecule has 1 rings (SSSR count). The van der Waals surface area contributed by atoms with Crippen molar-refractivity contribution in [3.05, 3.63) is 23.7 Å². The van der Waals surface area contributed by atoms with Crippen LogP contribution in [0.3, 0.4) is 0 Å². The third-order valence-electron chi connectivity index (χ3n) is 2.57. The van der Waals surface area contributed by atoms with E-state index in [2.05, 4.69) is 23.9 Å². The molecule has 4 nitrogen and oxygen atoms in total. The molecule has 0 spiro atoms. The Morgan fingerprint density at radius 1 is 1.56 bits per heavy atom. The van der Waals surface area contributed by atoms with Crippen LogP contribution in [0.4, 0.5) is 0 Å². The van der Waals surface area contributed by atoms with Gasteiger partial charge < -0.3 is 14.5 Å². The van der Waals surface area contributed by atoms with Crippen molar-refractivity contribution >= 4 is 17.7 Å². The molecule has 0 saturated heterocycles. The Morgan fingerprint density at radius 2 is 2.33 bits per heavy atom. The summed E-state index contributed by atoms with van der Waals surface area (Å²) in [7, 11) is 1.34. The maximum Gasteiger partial charge on any atom is 0.373 e. The molecular formula is C13H21NO3S. The Labute approximate surface area is 112 Å². The molecule has 1 heterocycles.